The number of nitriles is 1. The summed E-state index contributed by atoms with van der Waals surface area (Å²) in [6, 6.07) is 12.2. The Kier molecular flexibility index (Phi) is 4.42. The number of hydrogen-bond donors (Lipinski definition) is 1. The molecule has 132 valence electrons. The van der Waals surface area contributed by atoms with E-state index in [-0.39, 0.29) is 6.03 Å². The van der Waals surface area contributed by atoms with Gasteiger partial charge >= 0.3 is 6.03 Å². The third-order valence-corrected chi connectivity index (χ3v) is 4.72. The Bertz CT molecular complexity index is 817. The highest BCUT2D eigenvalue weighted by Gasteiger charge is 2.39. The zero-order chi connectivity index (χ0) is 17.9. The van der Waals surface area contributed by atoms with Crippen LogP contribution in [0.4, 0.5) is 10.5 Å². The molecule has 7 nitrogen and oxygen atoms in total. The van der Waals surface area contributed by atoms with Crippen molar-refractivity contribution in [3.05, 3.63) is 48.2 Å². The molecule has 2 aromatic rings. The highest BCUT2D eigenvalue weighted by atomic mass is 16.5. The third-order valence-electron chi connectivity index (χ3n) is 4.72. The fraction of sp³-hybridized carbons (Fsp3) is 0.316. The largest absolute Gasteiger partial charge is 0.439 e. The number of hydrogen-bond acceptors (Lipinski definition) is 5. The van der Waals surface area contributed by atoms with E-state index < -0.39 is 0 Å². The Labute approximate surface area is 151 Å². The molecule has 3 heterocycles. The summed E-state index contributed by atoms with van der Waals surface area (Å²) in [6.45, 7) is 2.97. The second-order valence-corrected chi connectivity index (χ2v) is 6.52. The lowest BCUT2D eigenvalue weighted by atomic mass is 10.0. The molecule has 1 aromatic carbocycles. The second-order valence-electron chi connectivity index (χ2n) is 6.52. The third kappa shape index (κ3) is 3.46. The highest BCUT2D eigenvalue weighted by Crippen LogP contribution is 2.29. The number of nitrogens with one attached hydrogen (secondary N) is 1. The monoisotopic (exact) mass is 350 g/mol. The number of urea groups is 1. The number of carbonyl (C=O) groups is 1. The Balaban J connectivity index is 1.34. The first-order chi connectivity index (χ1) is 12.7. The number of nitrogens with zero attached hydrogens (tertiary/aromatic N) is 3. The first kappa shape index (κ1) is 16.4. The zero-order valence-corrected chi connectivity index (χ0v) is 14.1. The van der Waals surface area contributed by atoms with E-state index in [0.29, 0.717) is 34.7 Å². The van der Waals surface area contributed by atoms with Gasteiger partial charge in [0.15, 0.2) is 0 Å². The lowest BCUT2D eigenvalue weighted by Gasteiger charge is -2.18. The van der Waals surface area contributed by atoms with Gasteiger partial charge in [0.2, 0.25) is 5.88 Å². The maximum Gasteiger partial charge on any atom is 0.321 e. The average Bonchev–Trinajstić information content (AvgIpc) is 3.26. The van der Waals surface area contributed by atoms with Crippen LogP contribution in [0.15, 0.2) is 42.6 Å². The van der Waals surface area contributed by atoms with Gasteiger partial charge in [-0.15, -0.1) is 0 Å². The van der Waals surface area contributed by atoms with Crippen LogP contribution >= 0.6 is 0 Å². The Morgan fingerprint density at radius 3 is 2.54 bits per heavy atom. The summed E-state index contributed by atoms with van der Waals surface area (Å²) in [5.74, 6) is 1.93. The van der Waals surface area contributed by atoms with Crippen molar-refractivity contribution >= 4 is 11.7 Å². The predicted molar refractivity (Wildman–Crippen MR) is 93.9 cm³/mol. The lowest BCUT2D eigenvalue weighted by Crippen LogP contribution is -2.34. The van der Waals surface area contributed by atoms with Gasteiger partial charge < -0.3 is 19.7 Å². The molecule has 1 N–H and O–H groups in total. The maximum atomic E-state index is 12.4. The Morgan fingerprint density at radius 1 is 1.19 bits per heavy atom. The molecule has 2 saturated heterocycles. The molecule has 2 amide bonds. The number of likely N-dealkylation sites (tertiary alicyclic amines) is 1. The summed E-state index contributed by atoms with van der Waals surface area (Å²) in [7, 11) is 0. The van der Waals surface area contributed by atoms with Gasteiger partial charge in [-0.25, -0.2) is 9.78 Å². The first-order valence-corrected chi connectivity index (χ1v) is 8.49. The molecule has 1 aromatic heterocycles. The number of carbonyl (C=O) groups excluding carboxylic acids is 1. The van der Waals surface area contributed by atoms with E-state index in [0.717, 1.165) is 26.3 Å². The van der Waals surface area contributed by atoms with Gasteiger partial charge in [-0.2, -0.15) is 5.26 Å². The first-order valence-electron chi connectivity index (χ1n) is 8.49. The van der Waals surface area contributed by atoms with E-state index in [9.17, 15) is 4.79 Å². The average molecular weight is 350 g/mol. The second kappa shape index (κ2) is 7.02. The molecule has 0 aliphatic carbocycles. The SMILES string of the molecule is N#Cc1ccc(Oc2ccc(NC(=O)N3C[C@H]4COC[C@H]4C3)cn2)cc1. The molecule has 0 bridgehead atoms. The topological polar surface area (TPSA) is 87.5 Å². The number of pyridine rings is 1. The standard InChI is InChI=1S/C19H18N4O3/c20-7-13-1-4-17(5-2-13)26-18-6-3-16(8-21-18)22-19(24)23-9-14-11-25-12-15(14)10-23/h1-6,8,14-15H,9-12H2,(H,22,24)/t14-,15+. The van der Waals surface area contributed by atoms with Gasteiger partial charge in [0, 0.05) is 31.0 Å². The van der Waals surface area contributed by atoms with E-state index in [1.807, 2.05) is 4.90 Å². The normalized spacial score (nSPS) is 21.1. The number of anilines is 1. The summed E-state index contributed by atoms with van der Waals surface area (Å²) < 4.78 is 11.1. The molecule has 2 atom stereocenters. The molecule has 0 saturated carbocycles. The summed E-state index contributed by atoms with van der Waals surface area (Å²) >= 11 is 0. The fourth-order valence-corrected chi connectivity index (χ4v) is 3.29. The maximum absolute atomic E-state index is 12.4. The van der Waals surface area contributed by atoms with Crippen LogP contribution in [-0.2, 0) is 4.74 Å². The van der Waals surface area contributed by atoms with Crippen LogP contribution in [-0.4, -0.2) is 42.2 Å². The van der Waals surface area contributed by atoms with Gasteiger partial charge in [0.25, 0.3) is 0 Å². The van der Waals surface area contributed by atoms with Crippen LogP contribution in [0, 0.1) is 23.2 Å². The van der Waals surface area contributed by atoms with Crippen molar-refractivity contribution in [3.63, 3.8) is 0 Å². The molecule has 4 rings (SSSR count). The number of amides is 2. The molecular formula is C19H18N4O3. The van der Waals surface area contributed by atoms with Crippen molar-refractivity contribution in [2.24, 2.45) is 11.8 Å². The van der Waals surface area contributed by atoms with E-state index in [1.165, 1.54) is 0 Å². The van der Waals surface area contributed by atoms with Crippen LogP contribution in [0.3, 0.4) is 0 Å². The molecule has 2 aliphatic heterocycles. The van der Waals surface area contributed by atoms with Crippen molar-refractivity contribution < 1.29 is 14.3 Å². The van der Waals surface area contributed by atoms with Gasteiger partial charge in [0.05, 0.1) is 36.7 Å². The molecule has 2 fully saturated rings. The highest BCUT2D eigenvalue weighted by molar-refractivity contribution is 5.89. The number of benzene rings is 1. The number of rotatable bonds is 3. The Morgan fingerprint density at radius 2 is 1.92 bits per heavy atom. The van der Waals surface area contributed by atoms with Gasteiger partial charge in [-0.1, -0.05) is 0 Å². The van der Waals surface area contributed by atoms with Crippen molar-refractivity contribution in [2.75, 3.05) is 31.6 Å². The summed E-state index contributed by atoms with van der Waals surface area (Å²) in [5, 5.41) is 11.7. The van der Waals surface area contributed by atoms with E-state index in [4.69, 9.17) is 14.7 Å². The minimum absolute atomic E-state index is 0.109. The van der Waals surface area contributed by atoms with Gasteiger partial charge in [-0.3, -0.25) is 0 Å². The van der Waals surface area contributed by atoms with Crippen LogP contribution in [0.2, 0.25) is 0 Å². The van der Waals surface area contributed by atoms with Gasteiger partial charge in [0.1, 0.15) is 5.75 Å². The predicted octanol–water partition coefficient (Wildman–Crippen LogP) is 2.86. The molecule has 7 heteroatoms. The van der Waals surface area contributed by atoms with E-state index in [1.54, 1.807) is 42.6 Å². The van der Waals surface area contributed by atoms with Crippen LogP contribution < -0.4 is 10.1 Å². The molecule has 26 heavy (non-hydrogen) atoms. The molecule has 2 aliphatic rings. The molecule has 0 spiro atoms. The van der Waals surface area contributed by atoms with E-state index in [2.05, 4.69) is 16.4 Å². The number of ether oxygens (including phenoxy) is 2. The number of aromatic nitrogens is 1. The number of fused-ring (bicyclic) bond motifs is 1. The van der Waals surface area contributed by atoms with Gasteiger partial charge in [-0.05, 0) is 30.3 Å². The van der Waals surface area contributed by atoms with Crippen molar-refractivity contribution in [2.45, 2.75) is 0 Å². The van der Waals surface area contributed by atoms with Crippen LogP contribution in [0.5, 0.6) is 11.6 Å². The summed E-state index contributed by atoms with van der Waals surface area (Å²) in [6.07, 6.45) is 1.57. The fourth-order valence-electron chi connectivity index (χ4n) is 3.29. The molecular weight excluding hydrogens is 332 g/mol. The Hall–Kier alpha value is -3.11. The minimum Gasteiger partial charge on any atom is -0.439 e. The van der Waals surface area contributed by atoms with Crippen molar-refractivity contribution in [3.8, 4) is 17.7 Å². The zero-order valence-electron chi connectivity index (χ0n) is 14.1. The van der Waals surface area contributed by atoms with Crippen molar-refractivity contribution in [1.29, 1.82) is 5.26 Å². The van der Waals surface area contributed by atoms with E-state index >= 15 is 0 Å². The van der Waals surface area contributed by atoms with Crippen LogP contribution in [0.25, 0.3) is 0 Å². The minimum atomic E-state index is -0.109. The van der Waals surface area contributed by atoms with Crippen molar-refractivity contribution in [1.82, 2.24) is 9.88 Å². The lowest BCUT2D eigenvalue weighted by molar-refractivity contribution is 0.158. The smallest absolute Gasteiger partial charge is 0.321 e. The van der Waals surface area contributed by atoms with Crippen LogP contribution in [0.1, 0.15) is 5.56 Å². The summed E-state index contributed by atoms with van der Waals surface area (Å²) in [4.78, 5) is 18.4. The molecule has 0 radical (unpaired) electrons. The quantitative estimate of drug-likeness (QED) is 0.920. The summed E-state index contributed by atoms with van der Waals surface area (Å²) in [5.41, 5.74) is 1.19. The molecule has 0 unspecified atom stereocenters.